The Hall–Kier alpha value is -3.42. The zero-order valence-corrected chi connectivity index (χ0v) is 15.0. The number of para-hydroxylation sites is 1. The Bertz CT molecular complexity index is 1310. The average molecular weight is 367 g/mol. The molecular formula is C23H13NO2S. The van der Waals surface area contributed by atoms with Gasteiger partial charge in [0.25, 0.3) is 0 Å². The van der Waals surface area contributed by atoms with Crippen LogP contribution in [0.25, 0.3) is 22.6 Å². The highest BCUT2D eigenvalue weighted by molar-refractivity contribution is 7.10. The van der Waals surface area contributed by atoms with Crippen LogP contribution in [0.2, 0.25) is 0 Å². The van der Waals surface area contributed by atoms with Crippen LogP contribution in [0.4, 0.5) is 0 Å². The Kier molecular flexibility index (Phi) is 3.56. The maximum atomic E-state index is 13.2. The SMILES string of the molecule is N#CC1=Cc2c(oc3ccccc3c2=O)C(c2cccs2)c2ccccc21. The Morgan fingerprint density at radius 3 is 2.63 bits per heavy atom. The third-order valence-corrected chi connectivity index (χ3v) is 5.86. The molecule has 4 aromatic rings. The van der Waals surface area contributed by atoms with Crippen molar-refractivity contribution in [1.29, 1.82) is 5.26 Å². The van der Waals surface area contributed by atoms with Crippen molar-refractivity contribution in [3.8, 4) is 6.07 Å². The van der Waals surface area contributed by atoms with Gasteiger partial charge in [0.2, 0.25) is 0 Å². The number of fused-ring (bicyclic) bond motifs is 3. The lowest BCUT2D eigenvalue weighted by Crippen LogP contribution is -2.12. The fraction of sp³-hybridized carbons (Fsp3) is 0.0435. The fourth-order valence-corrected chi connectivity index (χ4v) is 4.55. The van der Waals surface area contributed by atoms with Gasteiger partial charge in [-0.25, -0.2) is 0 Å². The molecular weight excluding hydrogens is 354 g/mol. The molecule has 0 amide bonds. The first kappa shape index (κ1) is 15.8. The number of rotatable bonds is 1. The molecule has 0 N–H and O–H groups in total. The van der Waals surface area contributed by atoms with Crippen LogP contribution in [0.5, 0.6) is 0 Å². The molecule has 0 spiro atoms. The summed E-state index contributed by atoms with van der Waals surface area (Å²) in [5, 5.41) is 12.3. The van der Waals surface area contributed by atoms with Gasteiger partial charge in [0.1, 0.15) is 11.3 Å². The van der Waals surface area contributed by atoms with Crippen LogP contribution in [0.3, 0.4) is 0 Å². The van der Waals surface area contributed by atoms with E-state index in [9.17, 15) is 10.1 Å². The smallest absolute Gasteiger partial charge is 0.200 e. The molecule has 27 heavy (non-hydrogen) atoms. The lowest BCUT2D eigenvalue weighted by molar-refractivity contribution is 0.529. The van der Waals surface area contributed by atoms with E-state index < -0.39 is 0 Å². The summed E-state index contributed by atoms with van der Waals surface area (Å²) in [6, 6.07) is 21.4. The zero-order valence-electron chi connectivity index (χ0n) is 14.2. The van der Waals surface area contributed by atoms with E-state index in [1.165, 1.54) is 0 Å². The highest BCUT2D eigenvalue weighted by atomic mass is 32.1. The van der Waals surface area contributed by atoms with E-state index in [2.05, 4.69) is 6.07 Å². The van der Waals surface area contributed by atoms with E-state index >= 15 is 0 Å². The van der Waals surface area contributed by atoms with Crippen LogP contribution in [0.15, 0.2) is 75.3 Å². The Morgan fingerprint density at radius 1 is 1.00 bits per heavy atom. The van der Waals surface area contributed by atoms with E-state index in [4.69, 9.17) is 4.42 Å². The number of nitrogens with zero attached hydrogens (tertiary/aromatic N) is 1. The second-order valence-electron chi connectivity index (χ2n) is 6.41. The molecule has 0 saturated carbocycles. The molecule has 0 bridgehead atoms. The summed E-state index contributed by atoms with van der Waals surface area (Å²) >= 11 is 1.62. The van der Waals surface area contributed by atoms with E-state index in [0.717, 1.165) is 16.0 Å². The van der Waals surface area contributed by atoms with Crippen LogP contribution < -0.4 is 5.43 Å². The summed E-state index contributed by atoms with van der Waals surface area (Å²) in [5.74, 6) is 0.370. The molecule has 0 saturated heterocycles. The first-order chi connectivity index (χ1) is 13.3. The number of benzene rings is 2. The molecule has 2 heterocycles. The molecule has 5 rings (SSSR count). The molecule has 1 atom stereocenters. The summed E-state index contributed by atoms with van der Waals surface area (Å²) in [6.45, 7) is 0. The summed E-state index contributed by atoms with van der Waals surface area (Å²) < 4.78 is 6.28. The number of nitriles is 1. The summed E-state index contributed by atoms with van der Waals surface area (Å²) in [6.07, 6.45) is 1.68. The van der Waals surface area contributed by atoms with Gasteiger partial charge in [-0.2, -0.15) is 5.26 Å². The predicted octanol–water partition coefficient (Wildman–Crippen LogP) is 5.41. The molecule has 0 fully saturated rings. The number of thiophene rings is 1. The average Bonchev–Trinajstić information content (AvgIpc) is 3.18. The van der Waals surface area contributed by atoms with Gasteiger partial charge in [-0.15, -0.1) is 11.3 Å². The molecule has 0 aliphatic heterocycles. The highest BCUT2D eigenvalue weighted by Gasteiger charge is 2.30. The van der Waals surface area contributed by atoms with E-state index in [1.54, 1.807) is 23.5 Å². The number of allylic oxidation sites excluding steroid dienone is 1. The monoisotopic (exact) mass is 367 g/mol. The van der Waals surface area contributed by atoms with Crippen molar-refractivity contribution in [2.75, 3.05) is 0 Å². The van der Waals surface area contributed by atoms with Gasteiger partial charge < -0.3 is 4.42 Å². The van der Waals surface area contributed by atoms with Gasteiger partial charge in [-0.05, 0) is 40.8 Å². The van der Waals surface area contributed by atoms with Crippen molar-refractivity contribution in [3.05, 3.63) is 104 Å². The lowest BCUT2D eigenvalue weighted by Gasteiger charge is -2.18. The normalized spacial score (nSPS) is 15.4. The third kappa shape index (κ3) is 2.37. The van der Waals surface area contributed by atoms with E-state index in [1.807, 2.05) is 60.0 Å². The quantitative estimate of drug-likeness (QED) is 0.452. The van der Waals surface area contributed by atoms with Crippen LogP contribution in [-0.2, 0) is 0 Å². The van der Waals surface area contributed by atoms with Crippen LogP contribution >= 0.6 is 11.3 Å². The molecule has 3 nitrogen and oxygen atoms in total. The molecule has 0 radical (unpaired) electrons. The van der Waals surface area contributed by atoms with Gasteiger partial charge in [-0.3, -0.25) is 4.79 Å². The van der Waals surface area contributed by atoms with Gasteiger partial charge >= 0.3 is 0 Å². The number of hydrogen-bond donors (Lipinski definition) is 0. The molecule has 1 aliphatic rings. The maximum absolute atomic E-state index is 13.2. The highest BCUT2D eigenvalue weighted by Crippen LogP contribution is 2.42. The van der Waals surface area contributed by atoms with E-state index in [0.29, 0.717) is 27.9 Å². The Balaban J connectivity index is 1.97. The third-order valence-electron chi connectivity index (χ3n) is 4.92. The number of hydrogen-bond acceptors (Lipinski definition) is 4. The van der Waals surface area contributed by atoms with Crippen molar-refractivity contribution in [2.24, 2.45) is 0 Å². The molecule has 1 unspecified atom stereocenters. The van der Waals surface area contributed by atoms with Gasteiger partial charge in [0.15, 0.2) is 5.43 Å². The molecule has 1 aliphatic carbocycles. The van der Waals surface area contributed by atoms with Crippen LogP contribution in [-0.4, -0.2) is 0 Å². The maximum Gasteiger partial charge on any atom is 0.200 e. The first-order valence-electron chi connectivity index (χ1n) is 8.58. The van der Waals surface area contributed by atoms with Crippen molar-refractivity contribution >= 4 is 34.0 Å². The summed E-state index contributed by atoms with van der Waals surface area (Å²) in [7, 11) is 0. The standard InChI is InChI=1S/C23H13NO2S/c24-13-14-12-18-22(25)17-8-3-4-9-19(17)26-23(18)21(20-10-5-11-27-20)16-7-2-1-6-15(14)16/h1-12,21H. The minimum atomic E-state index is -0.226. The molecule has 4 heteroatoms. The second kappa shape index (κ2) is 6.08. The Labute approximate surface area is 159 Å². The topological polar surface area (TPSA) is 54.0 Å². The zero-order chi connectivity index (χ0) is 18.4. The minimum absolute atomic E-state index is 0.103. The van der Waals surface area contributed by atoms with Crippen molar-refractivity contribution in [2.45, 2.75) is 5.92 Å². The minimum Gasteiger partial charge on any atom is -0.459 e. The molecule has 2 aromatic heterocycles. The summed E-state index contributed by atoms with van der Waals surface area (Å²) in [4.78, 5) is 14.3. The van der Waals surface area contributed by atoms with Crippen molar-refractivity contribution in [1.82, 2.24) is 0 Å². The van der Waals surface area contributed by atoms with Crippen LogP contribution in [0.1, 0.15) is 33.2 Å². The largest absolute Gasteiger partial charge is 0.459 e. The summed E-state index contributed by atoms with van der Waals surface area (Å²) in [5.41, 5.74) is 3.22. The van der Waals surface area contributed by atoms with Crippen LogP contribution in [0, 0.1) is 11.3 Å². The second-order valence-corrected chi connectivity index (χ2v) is 7.39. The van der Waals surface area contributed by atoms with Crippen molar-refractivity contribution in [3.63, 3.8) is 0 Å². The van der Waals surface area contributed by atoms with Crippen molar-refractivity contribution < 1.29 is 4.42 Å². The predicted molar refractivity (Wildman–Crippen MR) is 108 cm³/mol. The molecule has 2 aromatic carbocycles. The lowest BCUT2D eigenvalue weighted by atomic mass is 9.89. The van der Waals surface area contributed by atoms with Gasteiger partial charge in [-0.1, -0.05) is 42.5 Å². The van der Waals surface area contributed by atoms with Gasteiger partial charge in [0.05, 0.1) is 28.5 Å². The fourth-order valence-electron chi connectivity index (χ4n) is 3.71. The van der Waals surface area contributed by atoms with Gasteiger partial charge in [0, 0.05) is 4.88 Å². The Morgan fingerprint density at radius 2 is 1.81 bits per heavy atom. The molecule has 128 valence electrons. The van der Waals surface area contributed by atoms with E-state index in [-0.39, 0.29) is 11.3 Å². The first-order valence-corrected chi connectivity index (χ1v) is 9.46.